The summed E-state index contributed by atoms with van der Waals surface area (Å²) in [7, 11) is 0. The third-order valence-corrected chi connectivity index (χ3v) is 4.00. The standard InChI is InChI=1S/C13H21NO3/c1-13(2)5-3-4-8(7-13)14-11(15)9-6-10(9)12(16)17/h8-10H,3-7H2,1-2H3,(H,14,15)(H,16,17)/t8?,9-,10+/m1/s1. The van der Waals surface area contributed by atoms with Gasteiger partial charge < -0.3 is 10.4 Å². The monoisotopic (exact) mass is 239 g/mol. The number of hydrogen-bond acceptors (Lipinski definition) is 2. The van der Waals surface area contributed by atoms with E-state index in [9.17, 15) is 9.59 Å². The quantitative estimate of drug-likeness (QED) is 0.789. The molecule has 2 rings (SSSR count). The van der Waals surface area contributed by atoms with Gasteiger partial charge in [-0.3, -0.25) is 9.59 Å². The van der Waals surface area contributed by atoms with Crippen molar-refractivity contribution < 1.29 is 14.7 Å². The van der Waals surface area contributed by atoms with Crippen LogP contribution in [0.25, 0.3) is 0 Å². The Hall–Kier alpha value is -1.06. The van der Waals surface area contributed by atoms with Crippen LogP contribution in [0.3, 0.4) is 0 Å². The molecule has 3 atom stereocenters. The largest absolute Gasteiger partial charge is 0.481 e. The van der Waals surface area contributed by atoms with Gasteiger partial charge in [-0.1, -0.05) is 20.3 Å². The maximum absolute atomic E-state index is 11.8. The Morgan fingerprint density at radius 2 is 2.00 bits per heavy atom. The topological polar surface area (TPSA) is 66.4 Å². The molecule has 0 radical (unpaired) electrons. The normalized spacial score (nSPS) is 35.1. The van der Waals surface area contributed by atoms with Gasteiger partial charge in [0.2, 0.25) is 5.91 Å². The summed E-state index contributed by atoms with van der Waals surface area (Å²) in [5.41, 5.74) is 0.298. The van der Waals surface area contributed by atoms with Crippen LogP contribution in [0.15, 0.2) is 0 Å². The zero-order valence-electron chi connectivity index (χ0n) is 10.5. The summed E-state index contributed by atoms with van der Waals surface area (Å²) >= 11 is 0. The van der Waals surface area contributed by atoms with Crippen LogP contribution in [0.1, 0.15) is 46.0 Å². The molecule has 1 amide bonds. The second-order valence-electron chi connectivity index (χ2n) is 6.25. The highest BCUT2D eigenvalue weighted by atomic mass is 16.4. The smallest absolute Gasteiger partial charge is 0.307 e. The van der Waals surface area contributed by atoms with Gasteiger partial charge in [0.25, 0.3) is 0 Å². The molecule has 2 fully saturated rings. The second kappa shape index (κ2) is 4.31. The van der Waals surface area contributed by atoms with Crippen molar-refractivity contribution in [1.82, 2.24) is 5.32 Å². The van der Waals surface area contributed by atoms with Gasteiger partial charge in [-0.2, -0.15) is 0 Å². The molecule has 0 aromatic carbocycles. The average Bonchev–Trinajstić information content (AvgIpc) is 2.94. The van der Waals surface area contributed by atoms with Crippen LogP contribution >= 0.6 is 0 Å². The molecule has 0 saturated heterocycles. The molecule has 0 spiro atoms. The van der Waals surface area contributed by atoms with Crippen LogP contribution in [-0.2, 0) is 9.59 Å². The Labute approximate surface area is 102 Å². The SMILES string of the molecule is CC1(C)CCCC(NC(=O)[C@@H]2C[C@@H]2C(=O)O)C1. The van der Waals surface area contributed by atoms with E-state index < -0.39 is 11.9 Å². The average molecular weight is 239 g/mol. The number of carboxylic acids is 1. The van der Waals surface area contributed by atoms with Crippen molar-refractivity contribution in [1.29, 1.82) is 0 Å². The number of aliphatic carboxylic acids is 1. The lowest BCUT2D eigenvalue weighted by Gasteiger charge is -2.35. The second-order valence-corrected chi connectivity index (χ2v) is 6.25. The number of amides is 1. The van der Waals surface area contributed by atoms with Gasteiger partial charge in [0, 0.05) is 6.04 Å². The molecule has 17 heavy (non-hydrogen) atoms. The molecule has 0 aromatic rings. The Balaban J connectivity index is 1.82. The molecule has 2 aliphatic carbocycles. The van der Waals surface area contributed by atoms with Crippen LogP contribution in [-0.4, -0.2) is 23.0 Å². The first-order valence-electron chi connectivity index (χ1n) is 6.42. The van der Waals surface area contributed by atoms with E-state index in [0.717, 1.165) is 19.3 Å². The van der Waals surface area contributed by atoms with E-state index >= 15 is 0 Å². The summed E-state index contributed by atoms with van der Waals surface area (Å²) < 4.78 is 0. The van der Waals surface area contributed by atoms with E-state index in [2.05, 4.69) is 19.2 Å². The van der Waals surface area contributed by atoms with E-state index in [4.69, 9.17) is 5.11 Å². The Morgan fingerprint density at radius 1 is 1.29 bits per heavy atom. The van der Waals surface area contributed by atoms with Crippen molar-refractivity contribution in [3.8, 4) is 0 Å². The number of hydrogen-bond donors (Lipinski definition) is 2. The van der Waals surface area contributed by atoms with Crippen LogP contribution in [0.5, 0.6) is 0 Å². The first kappa shape index (κ1) is 12.4. The van der Waals surface area contributed by atoms with Crippen LogP contribution in [0.2, 0.25) is 0 Å². The zero-order valence-corrected chi connectivity index (χ0v) is 10.5. The van der Waals surface area contributed by atoms with E-state index in [1.807, 2.05) is 0 Å². The van der Waals surface area contributed by atoms with E-state index in [1.165, 1.54) is 6.42 Å². The van der Waals surface area contributed by atoms with Gasteiger partial charge in [-0.15, -0.1) is 0 Å². The molecular formula is C13H21NO3. The molecule has 2 aliphatic rings. The minimum absolute atomic E-state index is 0.0555. The van der Waals surface area contributed by atoms with E-state index in [1.54, 1.807) is 0 Å². The van der Waals surface area contributed by atoms with E-state index in [-0.39, 0.29) is 17.9 Å². The van der Waals surface area contributed by atoms with Crippen molar-refractivity contribution >= 4 is 11.9 Å². The molecule has 0 heterocycles. The van der Waals surface area contributed by atoms with Crippen molar-refractivity contribution in [3.05, 3.63) is 0 Å². The maximum atomic E-state index is 11.8. The van der Waals surface area contributed by atoms with Gasteiger partial charge in [-0.25, -0.2) is 0 Å². The van der Waals surface area contributed by atoms with Gasteiger partial charge in [0.15, 0.2) is 0 Å². The van der Waals surface area contributed by atoms with Crippen LogP contribution < -0.4 is 5.32 Å². The molecule has 2 N–H and O–H groups in total. The Bertz CT molecular complexity index is 338. The fraction of sp³-hybridized carbons (Fsp3) is 0.846. The number of carbonyl (C=O) groups excluding carboxylic acids is 1. The maximum Gasteiger partial charge on any atom is 0.307 e. The van der Waals surface area contributed by atoms with Crippen LogP contribution in [0.4, 0.5) is 0 Å². The highest BCUT2D eigenvalue weighted by Crippen LogP contribution is 2.40. The molecule has 1 unspecified atom stereocenters. The minimum atomic E-state index is -0.839. The van der Waals surface area contributed by atoms with Gasteiger partial charge in [0.1, 0.15) is 0 Å². The Morgan fingerprint density at radius 3 is 2.53 bits per heavy atom. The minimum Gasteiger partial charge on any atom is -0.481 e. The fourth-order valence-electron chi connectivity index (χ4n) is 2.89. The third-order valence-electron chi connectivity index (χ3n) is 4.00. The van der Waals surface area contributed by atoms with Crippen molar-refractivity contribution in [3.63, 3.8) is 0 Å². The summed E-state index contributed by atoms with van der Waals surface area (Å²) in [6, 6.07) is 0.237. The molecule has 4 heteroatoms. The van der Waals surface area contributed by atoms with Gasteiger partial charge in [-0.05, 0) is 31.1 Å². The van der Waals surface area contributed by atoms with Crippen molar-refractivity contribution in [2.75, 3.05) is 0 Å². The zero-order chi connectivity index (χ0) is 12.6. The molecule has 4 nitrogen and oxygen atoms in total. The van der Waals surface area contributed by atoms with Gasteiger partial charge >= 0.3 is 5.97 Å². The summed E-state index contributed by atoms with van der Waals surface area (Å²) in [5, 5.41) is 11.8. The molecule has 0 aliphatic heterocycles. The van der Waals surface area contributed by atoms with E-state index in [0.29, 0.717) is 11.8 Å². The summed E-state index contributed by atoms with van der Waals surface area (Å²) in [5.74, 6) is -1.61. The molecule has 0 bridgehead atoms. The number of nitrogens with one attached hydrogen (secondary N) is 1. The first-order valence-corrected chi connectivity index (χ1v) is 6.42. The lowest BCUT2D eigenvalue weighted by molar-refractivity contribution is -0.140. The highest BCUT2D eigenvalue weighted by molar-refractivity contribution is 5.89. The molecule has 96 valence electrons. The lowest BCUT2D eigenvalue weighted by Crippen LogP contribution is -2.41. The Kier molecular flexibility index (Phi) is 3.15. The fourth-order valence-corrected chi connectivity index (χ4v) is 2.89. The van der Waals surface area contributed by atoms with Crippen LogP contribution in [0, 0.1) is 17.3 Å². The van der Waals surface area contributed by atoms with Crippen molar-refractivity contribution in [2.24, 2.45) is 17.3 Å². The number of rotatable bonds is 3. The highest BCUT2D eigenvalue weighted by Gasteiger charge is 2.48. The predicted octanol–water partition coefficient (Wildman–Crippen LogP) is 1.79. The molecule has 2 saturated carbocycles. The number of carboxylic acid groups (broad SMARTS) is 1. The first-order chi connectivity index (χ1) is 7.89. The molecular weight excluding hydrogens is 218 g/mol. The summed E-state index contributed by atoms with van der Waals surface area (Å²) in [6.07, 6.45) is 4.89. The third kappa shape index (κ3) is 2.99. The summed E-state index contributed by atoms with van der Waals surface area (Å²) in [4.78, 5) is 22.5. The molecule has 0 aromatic heterocycles. The summed E-state index contributed by atoms with van der Waals surface area (Å²) in [6.45, 7) is 4.45. The van der Waals surface area contributed by atoms with Crippen molar-refractivity contribution in [2.45, 2.75) is 52.0 Å². The predicted molar refractivity (Wildman–Crippen MR) is 63.4 cm³/mol. The lowest BCUT2D eigenvalue weighted by atomic mass is 9.75. The van der Waals surface area contributed by atoms with Gasteiger partial charge in [0.05, 0.1) is 11.8 Å². The number of carbonyl (C=O) groups is 2.